The third kappa shape index (κ3) is 2.59. The van der Waals surface area contributed by atoms with Gasteiger partial charge in [0.05, 0.1) is 5.56 Å². The van der Waals surface area contributed by atoms with Crippen molar-refractivity contribution >= 4 is 23.6 Å². The van der Waals surface area contributed by atoms with E-state index in [1.54, 1.807) is 18.3 Å². The van der Waals surface area contributed by atoms with Gasteiger partial charge in [-0.25, -0.2) is 0 Å². The summed E-state index contributed by atoms with van der Waals surface area (Å²) in [5, 5.41) is 0.706. The van der Waals surface area contributed by atoms with Crippen LogP contribution in [-0.2, 0) is 0 Å². The van der Waals surface area contributed by atoms with Crippen LogP contribution in [0.5, 0.6) is 0 Å². The lowest BCUT2D eigenvalue weighted by atomic mass is 10.0. The van der Waals surface area contributed by atoms with Gasteiger partial charge in [0.15, 0.2) is 0 Å². The van der Waals surface area contributed by atoms with E-state index >= 15 is 0 Å². The van der Waals surface area contributed by atoms with Gasteiger partial charge in [-0.1, -0.05) is 19.3 Å². The SMILES string of the molecule is O=C1c2cccnc2C(=O)N1CCSC1CCCCC1. The van der Waals surface area contributed by atoms with Gasteiger partial charge in [0.1, 0.15) is 5.69 Å². The average molecular weight is 290 g/mol. The first kappa shape index (κ1) is 13.6. The van der Waals surface area contributed by atoms with Crippen LogP contribution in [0.15, 0.2) is 18.3 Å². The number of hydrogen-bond acceptors (Lipinski definition) is 4. The minimum Gasteiger partial charge on any atom is -0.272 e. The van der Waals surface area contributed by atoms with Crippen LogP contribution in [0.1, 0.15) is 53.0 Å². The molecule has 1 aromatic rings. The topological polar surface area (TPSA) is 50.3 Å². The summed E-state index contributed by atoms with van der Waals surface area (Å²) in [4.78, 5) is 29.6. The maximum atomic E-state index is 12.1. The zero-order valence-electron chi connectivity index (χ0n) is 11.4. The Morgan fingerprint density at radius 2 is 2.00 bits per heavy atom. The molecule has 106 valence electrons. The first-order valence-corrected chi connectivity index (χ1v) is 8.25. The molecule has 1 fully saturated rings. The number of aromatic nitrogens is 1. The summed E-state index contributed by atoms with van der Waals surface area (Å²) in [6, 6.07) is 3.38. The molecule has 3 rings (SSSR count). The summed E-state index contributed by atoms with van der Waals surface area (Å²) in [6.45, 7) is 0.495. The quantitative estimate of drug-likeness (QED) is 0.800. The number of carbonyl (C=O) groups excluding carboxylic acids is 2. The molecule has 1 saturated carbocycles. The molecular weight excluding hydrogens is 272 g/mol. The summed E-state index contributed by atoms with van der Waals surface area (Å²) in [7, 11) is 0. The number of rotatable bonds is 4. The lowest BCUT2D eigenvalue weighted by Gasteiger charge is -2.22. The van der Waals surface area contributed by atoms with Gasteiger partial charge in [-0.2, -0.15) is 11.8 Å². The molecule has 0 bridgehead atoms. The Balaban J connectivity index is 1.56. The number of pyridine rings is 1. The highest BCUT2D eigenvalue weighted by atomic mass is 32.2. The number of fused-ring (bicyclic) bond motifs is 1. The van der Waals surface area contributed by atoms with Crippen LogP contribution in [-0.4, -0.2) is 39.2 Å². The lowest BCUT2D eigenvalue weighted by Crippen LogP contribution is -2.32. The van der Waals surface area contributed by atoms with E-state index in [2.05, 4.69) is 4.98 Å². The number of amides is 2. The van der Waals surface area contributed by atoms with Crippen LogP contribution in [0, 0.1) is 0 Å². The monoisotopic (exact) mass is 290 g/mol. The van der Waals surface area contributed by atoms with Crippen molar-refractivity contribution in [1.82, 2.24) is 9.88 Å². The van der Waals surface area contributed by atoms with Crippen LogP contribution in [0.3, 0.4) is 0 Å². The Labute approximate surface area is 122 Å². The zero-order chi connectivity index (χ0) is 13.9. The number of nitrogens with zero attached hydrogens (tertiary/aromatic N) is 2. The predicted molar refractivity (Wildman–Crippen MR) is 78.9 cm³/mol. The van der Waals surface area contributed by atoms with Crippen molar-refractivity contribution in [3.05, 3.63) is 29.6 Å². The minimum atomic E-state index is -0.241. The molecule has 0 radical (unpaired) electrons. The molecule has 2 heterocycles. The Hall–Kier alpha value is -1.36. The molecule has 20 heavy (non-hydrogen) atoms. The van der Waals surface area contributed by atoms with Crippen LogP contribution in [0.25, 0.3) is 0 Å². The molecule has 0 spiro atoms. The summed E-state index contributed by atoms with van der Waals surface area (Å²) in [5.74, 6) is 0.396. The first-order valence-electron chi connectivity index (χ1n) is 7.20. The average Bonchev–Trinajstić information content (AvgIpc) is 2.74. The largest absolute Gasteiger partial charge is 0.280 e. The van der Waals surface area contributed by atoms with E-state index in [1.807, 2.05) is 11.8 Å². The van der Waals surface area contributed by atoms with Crippen LogP contribution in [0.2, 0.25) is 0 Å². The van der Waals surface area contributed by atoms with E-state index in [9.17, 15) is 9.59 Å². The molecule has 4 nitrogen and oxygen atoms in total. The number of carbonyl (C=O) groups is 2. The fraction of sp³-hybridized carbons (Fsp3) is 0.533. The second-order valence-electron chi connectivity index (χ2n) is 5.29. The molecule has 1 aliphatic heterocycles. The van der Waals surface area contributed by atoms with Crippen molar-refractivity contribution in [2.45, 2.75) is 37.4 Å². The highest BCUT2D eigenvalue weighted by Crippen LogP contribution is 2.29. The molecule has 0 unspecified atom stereocenters. The molecule has 2 amide bonds. The molecule has 0 saturated heterocycles. The van der Waals surface area contributed by atoms with Gasteiger partial charge >= 0.3 is 0 Å². The first-order chi connectivity index (χ1) is 9.77. The summed E-state index contributed by atoms with van der Waals surface area (Å²) >= 11 is 1.90. The van der Waals surface area contributed by atoms with Crippen molar-refractivity contribution in [1.29, 1.82) is 0 Å². The van der Waals surface area contributed by atoms with Gasteiger partial charge in [0.2, 0.25) is 0 Å². The fourth-order valence-electron chi connectivity index (χ4n) is 2.86. The van der Waals surface area contributed by atoms with Crippen molar-refractivity contribution in [2.75, 3.05) is 12.3 Å². The Bertz CT molecular complexity index is 491. The Morgan fingerprint density at radius 1 is 1.20 bits per heavy atom. The van der Waals surface area contributed by atoms with Crippen molar-refractivity contribution in [2.24, 2.45) is 0 Å². The molecular formula is C15H18N2O2S. The third-order valence-corrected chi connectivity index (χ3v) is 5.31. The van der Waals surface area contributed by atoms with Gasteiger partial charge in [0, 0.05) is 23.7 Å². The van der Waals surface area contributed by atoms with E-state index in [4.69, 9.17) is 0 Å². The van der Waals surface area contributed by atoms with Gasteiger partial charge in [0.25, 0.3) is 11.8 Å². The van der Waals surface area contributed by atoms with Gasteiger partial charge in [-0.15, -0.1) is 0 Å². The Kier molecular flexibility index (Phi) is 4.05. The smallest absolute Gasteiger partial charge is 0.272 e. The van der Waals surface area contributed by atoms with E-state index in [0.717, 1.165) is 5.75 Å². The second-order valence-corrected chi connectivity index (χ2v) is 6.70. The maximum Gasteiger partial charge on any atom is 0.280 e. The summed E-state index contributed by atoms with van der Waals surface area (Å²) < 4.78 is 0. The van der Waals surface area contributed by atoms with Gasteiger partial charge in [-0.05, 0) is 25.0 Å². The van der Waals surface area contributed by atoms with E-state index in [1.165, 1.54) is 37.0 Å². The van der Waals surface area contributed by atoms with Crippen LogP contribution < -0.4 is 0 Å². The van der Waals surface area contributed by atoms with Crippen LogP contribution in [0.4, 0.5) is 0 Å². The molecule has 5 heteroatoms. The van der Waals surface area contributed by atoms with Crippen molar-refractivity contribution in [3.63, 3.8) is 0 Å². The molecule has 1 aliphatic carbocycles. The Morgan fingerprint density at radius 3 is 2.75 bits per heavy atom. The van der Waals surface area contributed by atoms with E-state index < -0.39 is 0 Å². The van der Waals surface area contributed by atoms with Crippen molar-refractivity contribution in [3.8, 4) is 0 Å². The zero-order valence-corrected chi connectivity index (χ0v) is 12.2. The second kappa shape index (κ2) is 5.95. The summed E-state index contributed by atoms with van der Waals surface area (Å²) in [5.41, 5.74) is 0.750. The number of thioether (sulfide) groups is 1. The summed E-state index contributed by atoms with van der Waals surface area (Å²) in [6.07, 6.45) is 8.08. The van der Waals surface area contributed by atoms with Crippen LogP contribution >= 0.6 is 11.8 Å². The number of imide groups is 1. The normalized spacial score (nSPS) is 19.5. The molecule has 0 N–H and O–H groups in total. The van der Waals surface area contributed by atoms with Crippen molar-refractivity contribution < 1.29 is 9.59 Å². The number of hydrogen-bond donors (Lipinski definition) is 0. The molecule has 2 aliphatic rings. The van der Waals surface area contributed by atoms with E-state index in [0.29, 0.717) is 23.1 Å². The maximum absolute atomic E-state index is 12.1. The third-order valence-electron chi connectivity index (χ3n) is 3.95. The molecule has 0 atom stereocenters. The van der Waals surface area contributed by atoms with Gasteiger partial charge < -0.3 is 0 Å². The van der Waals surface area contributed by atoms with Gasteiger partial charge in [-0.3, -0.25) is 19.5 Å². The minimum absolute atomic E-state index is 0.192. The predicted octanol–water partition coefficient (Wildman–Crippen LogP) is 2.74. The van der Waals surface area contributed by atoms with E-state index in [-0.39, 0.29) is 11.8 Å². The fourth-order valence-corrected chi connectivity index (χ4v) is 4.15. The highest BCUT2D eigenvalue weighted by Gasteiger charge is 2.36. The standard InChI is InChI=1S/C15H18N2O2S/c18-14-12-7-4-8-16-13(12)15(19)17(14)9-10-20-11-5-2-1-3-6-11/h4,7-8,11H,1-3,5-6,9-10H2. The lowest BCUT2D eigenvalue weighted by molar-refractivity contribution is 0.0662. The highest BCUT2D eigenvalue weighted by molar-refractivity contribution is 7.99. The molecule has 0 aromatic carbocycles. The molecule has 1 aromatic heterocycles.